The van der Waals surface area contributed by atoms with Crippen molar-refractivity contribution in [3.05, 3.63) is 42.0 Å². The zero-order valence-corrected chi connectivity index (χ0v) is 14.8. The molecule has 0 saturated heterocycles. The van der Waals surface area contributed by atoms with E-state index in [2.05, 4.69) is 28.0 Å². The third-order valence-corrected chi connectivity index (χ3v) is 4.76. The van der Waals surface area contributed by atoms with Crippen molar-refractivity contribution in [3.8, 4) is 5.75 Å². The standard InChI is InChI=1S/C18H21N3O3S/c1-11(14-4-2-3-5-16(14)24-10-17(22)23)20-21-18(25)19-15-9-12-6-7-13(15)8-12/h2-7,12-13,15H,8-10H2,1H3,(H,22,23)(H2,19,21,25)/b20-11-/t12-,13+,15-/m0/s1. The van der Waals surface area contributed by atoms with Crippen molar-refractivity contribution in [3.63, 3.8) is 0 Å². The highest BCUT2D eigenvalue weighted by molar-refractivity contribution is 7.80. The maximum Gasteiger partial charge on any atom is 0.341 e. The molecule has 0 amide bonds. The quantitative estimate of drug-likeness (QED) is 0.313. The van der Waals surface area contributed by atoms with Gasteiger partial charge in [0.2, 0.25) is 0 Å². The summed E-state index contributed by atoms with van der Waals surface area (Å²) in [7, 11) is 0. The summed E-state index contributed by atoms with van der Waals surface area (Å²) in [4.78, 5) is 10.7. The number of carboxylic acid groups (broad SMARTS) is 1. The van der Waals surface area contributed by atoms with E-state index in [0.717, 1.165) is 12.0 Å². The van der Waals surface area contributed by atoms with Crippen molar-refractivity contribution in [1.82, 2.24) is 10.7 Å². The first-order chi connectivity index (χ1) is 12.0. The van der Waals surface area contributed by atoms with E-state index in [9.17, 15) is 4.79 Å². The molecule has 1 aromatic carbocycles. The van der Waals surface area contributed by atoms with Crippen molar-refractivity contribution in [2.75, 3.05) is 6.61 Å². The number of nitrogens with one attached hydrogen (secondary N) is 2. The van der Waals surface area contributed by atoms with Gasteiger partial charge in [-0.05, 0) is 56.0 Å². The number of hydrazone groups is 1. The summed E-state index contributed by atoms with van der Waals surface area (Å²) < 4.78 is 5.30. The first-order valence-corrected chi connectivity index (χ1v) is 8.67. The average molecular weight is 359 g/mol. The molecule has 6 nitrogen and oxygen atoms in total. The van der Waals surface area contributed by atoms with Gasteiger partial charge < -0.3 is 15.2 Å². The van der Waals surface area contributed by atoms with Crippen molar-refractivity contribution < 1.29 is 14.6 Å². The molecule has 0 radical (unpaired) electrons. The molecule has 3 atom stereocenters. The average Bonchev–Trinajstić information content (AvgIpc) is 3.21. The van der Waals surface area contributed by atoms with Crippen molar-refractivity contribution in [1.29, 1.82) is 0 Å². The van der Waals surface area contributed by atoms with Crippen LogP contribution in [0.4, 0.5) is 0 Å². The van der Waals surface area contributed by atoms with Gasteiger partial charge in [0.05, 0.1) is 5.71 Å². The number of thiocarbonyl (C=S) groups is 1. The van der Waals surface area contributed by atoms with Gasteiger partial charge in [0.25, 0.3) is 0 Å². The molecule has 1 fully saturated rings. The van der Waals surface area contributed by atoms with Crippen LogP contribution in [-0.2, 0) is 4.79 Å². The fourth-order valence-electron chi connectivity index (χ4n) is 3.37. The molecule has 1 saturated carbocycles. The van der Waals surface area contributed by atoms with Gasteiger partial charge in [-0.2, -0.15) is 5.10 Å². The Morgan fingerprint density at radius 1 is 1.36 bits per heavy atom. The molecule has 2 bridgehead atoms. The summed E-state index contributed by atoms with van der Waals surface area (Å²) in [6.45, 7) is 1.42. The predicted molar refractivity (Wildman–Crippen MR) is 99.8 cm³/mol. The molecular weight excluding hydrogens is 338 g/mol. The second-order valence-electron chi connectivity index (χ2n) is 6.35. The number of rotatable bonds is 6. The van der Waals surface area contributed by atoms with E-state index < -0.39 is 12.6 Å². The number of hydrogen-bond donors (Lipinski definition) is 3. The first kappa shape index (κ1) is 17.4. The van der Waals surface area contributed by atoms with Crippen LogP contribution in [0, 0.1) is 11.8 Å². The molecule has 0 heterocycles. The van der Waals surface area contributed by atoms with Crippen LogP contribution in [0.15, 0.2) is 41.5 Å². The van der Waals surface area contributed by atoms with Gasteiger partial charge in [-0.3, -0.25) is 5.43 Å². The lowest BCUT2D eigenvalue weighted by Gasteiger charge is -2.21. The smallest absolute Gasteiger partial charge is 0.341 e. The zero-order chi connectivity index (χ0) is 17.8. The number of carbonyl (C=O) groups is 1. The van der Waals surface area contributed by atoms with Gasteiger partial charge in [-0.1, -0.05) is 24.3 Å². The number of carboxylic acids is 1. The van der Waals surface area contributed by atoms with Gasteiger partial charge in [-0.25, -0.2) is 4.79 Å². The number of fused-ring (bicyclic) bond motifs is 2. The minimum atomic E-state index is -1.02. The maximum atomic E-state index is 10.7. The molecule has 1 aromatic rings. The molecule has 0 spiro atoms. The molecule has 0 unspecified atom stereocenters. The number of hydrogen-bond acceptors (Lipinski definition) is 4. The molecule has 0 aromatic heterocycles. The molecule has 3 N–H and O–H groups in total. The third kappa shape index (κ3) is 4.36. The van der Waals surface area contributed by atoms with E-state index in [0.29, 0.717) is 34.5 Å². The van der Waals surface area contributed by atoms with Gasteiger partial charge in [0.15, 0.2) is 11.7 Å². The Balaban J connectivity index is 1.58. The number of allylic oxidation sites excluding steroid dienone is 1. The van der Waals surface area contributed by atoms with Gasteiger partial charge in [0, 0.05) is 11.6 Å². The van der Waals surface area contributed by atoms with Crippen LogP contribution < -0.4 is 15.5 Å². The van der Waals surface area contributed by atoms with E-state index in [-0.39, 0.29) is 0 Å². The zero-order valence-electron chi connectivity index (χ0n) is 13.9. The predicted octanol–water partition coefficient (Wildman–Crippen LogP) is 2.30. The Bertz CT molecular complexity index is 732. The lowest BCUT2D eigenvalue weighted by atomic mass is 10.0. The van der Waals surface area contributed by atoms with Crippen LogP contribution in [0.1, 0.15) is 25.3 Å². The van der Waals surface area contributed by atoms with Gasteiger partial charge in [-0.15, -0.1) is 0 Å². The van der Waals surface area contributed by atoms with Gasteiger partial charge in [0.1, 0.15) is 5.75 Å². The third-order valence-electron chi connectivity index (χ3n) is 4.55. The highest BCUT2D eigenvalue weighted by atomic mass is 32.1. The second-order valence-corrected chi connectivity index (χ2v) is 6.76. The SMILES string of the molecule is C/C(=N/NC(=S)N[C@H]1C[C@H]2C=C[C@@H]1C2)c1ccccc1OCC(=O)O. The van der Waals surface area contributed by atoms with Crippen LogP contribution in [0.2, 0.25) is 0 Å². The van der Waals surface area contributed by atoms with E-state index in [1.807, 2.05) is 19.1 Å². The Hall–Kier alpha value is -2.41. The summed E-state index contributed by atoms with van der Waals surface area (Å²) in [5.74, 6) is 0.687. The lowest BCUT2D eigenvalue weighted by molar-refractivity contribution is -0.139. The Labute approximate surface area is 152 Å². The number of para-hydroxylation sites is 1. The number of aliphatic carboxylic acids is 1. The normalized spacial score (nSPS) is 24.2. The number of nitrogens with zero attached hydrogens (tertiary/aromatic N) is 1. The molecule has 0 aliphatic heterocycles. The lowest BCUT2D eigenvalue weighted by Crippen LogP contribution is -2.42. The van der Waals surface area contributed by atoms with E-state index in [1.54, 1.807) is 12.1 Å². The minimum Gasteiger partial charge on any atom is -0.481 e. The summed E-state index contributed by atoms with van der Waals surface area (Å²) in [5, 5.41) is 16.9. The fraction of sp³-hybridized carbons (Fsp3) is 0.389. The van der Waals surface area contributed by atoms with E-state index >= 15 is 0 Å². The molecule has 2 aliphatic carbocycles. The Morgan fingerprint density at radius 2 is 2.16 bits per heavy atom. The molecule has 7 heteroatoms. The Kier molecular flexibility index (Phi) is 5.33. The second kappa shape index (κ2) is 7.65. The topological polar surface area (TPSA) is 83.0 Å². The molecule has 132 valence electrons. The van der Waals surface area contributed by atoms with Crippen LogP contribution in [0.25, 0.3) is 0 Å². The van der Waals surface area contributed by atoms with Crippen LogP contribution in [0.5, 0.6) is 5.75 Å². The highest BCUT2D eigenvalue weighted by Crippen LogP contribution is 2.38. The summed E-state index contributed by atoms with van der Waals surface area (Å²) >= 11 is 5.33. The van der Waals surface area contributed by atoms with Crippen molar-refractivity contribution in [2.24, 2.45) is 16.9 Å². The molecule has 3 rings (SSSR count). The summed E-state index contributed by atoms with van der Waals surface area (Å²) in [6, 6.07) is 7.55. The number of ether oxygens (including phenoxy) is 1. The minimum absolute atomic E-state index is 0.372. The molecule has 25 heavy (non-hydrogen) atoms. The first-order valence-electron chi connectivity index (χ1n) is 8.26. The summed E-state index contributed by atoms with van der Waals surface area (Å²) in [5.41, 5.74) is 4.26. The van der Waals surface area contributed by atoms with Crippen LogP contribution in [-0.4, -0.2) is 34.5 Å². The Morgan fingerprint density at radius 3 is 2.84 bits per heavy atom. The van der Waals surface area contributed by atoms with E-state index in [4.69, 9.17) is 22.1 Å². The molecular formula is C18H21N3O3S. The monoisotopic (exact) mass is 359 g/mol. The van der Waals surface area contributed by atoms with Crippen LogP contribution in [0.3, 0.4) is 0 Å². The number of benzene rings is 1. The molecule has 2 aliphatic rings. The fourth-order valence-corrected chi connectivity index (χ4v) is 3.57. The van der Waals surface area contributed by atoms with Gasteiger partial charge >= 0.3 is 5.97 Å². The highest BCUT2D eigenvalue weighted by Gasteiger charge is 2.35. The summed E-state index contributed by atoms with van der Waals surface area (Å²) in [6.07, 6.45) is 6.86. The maximum absolute atomic E-state index is 10.7. The van der Waals surface area contributed by atoms with E-state index in [1.165, 1.54) is 6.42 Å². The van der Waals surface area contributed by atoms with Crippen molar-refractivity contribution >= 4 is 29.0 Å². The largest absolute Gasteiger partial charge is 0.481 e. The van der Waals surface area contributed by atoms with Crippen molar-refractivity contribution in [2.45, 2.75) is 25.8 Å². The van der Waals surface area contributed by atoms with Crippen LogP contribution >= 0.6 is 12.2 Å².